The number of carbonyl (C=O) groups is 1. The molecule has 1 aromatic rings. The number of aromatic nitrogens is 2. The predicted octanol–water partition coefficient (Wildman–Crippen LogP) is -1.19. The van der Waals surface area contributed by atoms with Crippen molar-refractivity contribution in [3.8, 4) is 0 Å². The van der Waals surface area contributed by atoms with Crippen molar-refractivity contribution in [3.05, 3.63) is 18.0 Å². The van der Waals surface area contributed by atoms with Crippen LogP contribution in [0.5, 0.6) is 0 Å². The zero-order valence-corrected chi connectivity index (χ0v) is 10.2. The van der Waals surface area contributed by atoms with E-state index in [9.17, 15) is 13.2 Å². The average molecular weight is 258 g/mol. The van der Waals surface area contributed by atoms with Crippen molar-refractivity contribution in [1.82, 2.24) is 14.7 Å². The van der Waals surface area contributed by atoms with E-state index in [4.69, 9.17) is 5.14 Å². The molecule has 1 aliphatic heterocycles. The molecule has 0 aliphatic carbocycles. The van der Waals surface area contributed by atoms with Crippen LogP contribution in [0.1, 0.15) is 12.1 Å². The molecule has 0 saturated carbocycles. The van der Waals surface area contributed by atoms with Crippen LogP contribution in [0.25, 0.3) is 0 Å². The number of primary sulfonamides is 1. The van der Waals surface area contributed by atoms with Crippen LogP contribution in [0.3, 0.4) is 0 Å². The monoisotopic (exact) mass is 258 g/mol. The van der Waals surface area contributed by atoms with Crippen molar-refractivity contribution >= 4 is 15.9 Å². The standard InChI is InChI=1S/C9H14N4O3S/c1-12-3-2-7(11-12)5-13-6-8(4-9(13)14)17(10,15)16/h2-3,8H,4-6H2,1H3,(H2,10,15,16). The highest BCUT2D eigenvalue weighted by Crippen LogP contribution is 2.18. The normalized spacial score (nSPS) is 21.2. The number of rotatable bonds is 3. The fourth-order valence-corrected chi connectivity index (χ4v) is 2.61. The summed E-state index contributed by atoms with van der Waals surface area (Å²) in [4.78, 5) is 13.1. The molecule has 1 saturated heterocycles. The summed E-state index contributed by atoms with van der Waals surface area (Å²) in [6.45, 7) is 0.472. The van der Waals surface area contributed by atoms with Crippen molar-refractivity contribution in [2.75, 3.05) is 6.54 Å². The van der Waals surface area contributed by atoms with Gasteiger partial charge in [0.15, 0.2) is 0 Å². The Kier molecular flexibility index (Phi) is 2.92. The first kappa shape index (κ1) is 12.1. The van der Waals surface area contributed by atoms with Gasteiger partial charge >= 0.3 is 0 Å². The summed E-state index contributed by atoms with van der Waals surface area (Å²) in [6, 6.07) is 1.79. The van der Waals surface area contributed by atoms with E-state index in [2.05, 4.69) is 5.10 Å². The Balaban J connectivity index is 2.07. The summed E-state index contributed by atoms with van der Waals surface area (Å²) >= 11 is 0. The lowest BCUT2D eigenvalue weighted by Gasteiger charge is -2.14. The van der Waals surface area contributed by atoms with Gasteiger partial charge in [-0.3, -0.25) is 9.48 Å². The van der Waals surface area contributed by atoms with Gasteiger partial charge in [0, 0.05) is 26.2 Å². The Labute approximate surface area is 99.2 Å². The molecule has 8 heteroatoms. The number of nitrogens with zero attached hydrogens (tertiary/aromatic N) is 3. The van der Waals surface area contributed by atoms with Gasteiger partial charge in [-0.05, 0) is 6.07 Å². The molecule has 2 heterocycles. The minimum absolute atomic E-state index is 0.0360. The highest BCUT2D eigenvalue weighted by Gasteiger charge is 2.36. The maximum Gasteiger partial charge on any atom is 0.224 e. The van der Waals surface area contributed by atoms with Gasteiger partial charge in [0.2, 0.25) is 15.9 Å². The maximum atomic E-state index is 11.6. The third-order valence-corrected chi connectivity index (χ3v) is 4.01. The van der Waals surface area contributed by atoms with Crippen LogP contribution in [0.15, 0.2) is 12.3 Å². The summed E-state index contributed by atoms with van der Waals surface area (Å²) in [6.07, 6.45) is 1.73. The molecular weight excluding hydrogens is 244 g/mol. The van der Waals surface area contributed by atoms with Crippen molar-refractivity contribution in [3.63, 3.8) is 0 Å². The first-order chi connectivity index (χ1) is 7.86. The largest absolute Gasteiger partial charge is 0.335 e. The summed E-state index contributed by atoms with van der Waals surface area (Å²) in [5.74, 6) is -0.199. The van der Waals surface area contributed by atoms with E-state index in [1.807, 2.05) is 0 Å². The zero-order chi connectivity index (χ0) is 12.6. The lowest BCUT2D eigenvalue weighted by atomic mass is 10.4. The Morgan fingerprint density at radius 1 is 1.59 bits per heavy atom. The van der Waals surface area contributed by atoms with Crippen LogP contribution < -0.4 is 5.14 Å². The minimum atomic E-state index is -3.64. The second kappa shape index (κ2) is 4.11. The summed E-state index contributed by atoms with van der Waals surface area (Å²) in [5.41, 5.74) is 0.732. The number of amides is 1. The quantitative estimate of drug-likeness (QED) is 0.737. The second-order valence-corrected chi connectivity index (χ2v) is 6.01. The smallest absolute Gasteiger partial charge is 0.224 e. The molecule has 1 aliphatic rings. The molecule has 1 aromatic heterocycles. The summed E-state index contributed by atoms with van der Waals surface area (Å²) in [7, 11) is -1.86. The van der Waals surface area contributed by atoms with Crippen LogP contribution >= 0.6 is 0 Å². The fraction of sp³-hybridized carbons (Fsp3) is 0.556. The molecule has 17 heavy (non-hydrogen) atoms. The van der Waals surface area contributed by atoms with Gasteiger partial charge in [-0.1, -0.05) is 0 Å². The Morgan fingerprint density at radius 2 is 2.29 bits per heavy atom. The van der Waals surface area contributed by atoms with Crippen molar-refractivity contribution < 1.29 is 13.2 Å². The topological polar surface area (TPSA) is 98.3 Å². The SMILES string of the molecule is Cn1ccc(CN2CC(S(N)(=O)=O)CC2=O)n1. The molecule has 1 atom stereocenters. The highest BCUT2D eigenvalue weighted by molar-refractivity contribution is 7.89. The lowest BCUT2D eigenvalue weighted by molar-refractivity contribution is -0.128. The molecular formula is C9H14N4O3S. The van der Waals surface area contributed by atoms with Crippen LogP contribution in [0.4, 0.5) is 0 Å². The summed E-state index contributed by atoms with van der Waals surface area (Å²) in [5, 5.41) is 8.38. The molecule has 0 spiro atoms. The molecule has 94 valence electrons. The molecule has 7 nitrogen and oxygen atoms in total. The van der Waals surface area contributed by atoms with Crippen molar-refractivity contribution in [1.29, 1.82) is 0 Å². The minimum Gasteiger partial charge on any atom is -0.335 e. The number of sulfonamides is 1. The van der Waals surface area contributed by atoms with Crippen molar-refractivity contribution in [2.45, 2.75) is 18.2 Å². The first-order valence-corrected chi connectivity index (χ1v) is 6.75. The number of hydrogen-bond donors (Lipinski definition) is 1. The van der Waals surface area contributed by atoms with Gasteiger partial charge in [-0.15, -0.1) is 0 Å². The average Bonchev–Trinajstić information content (AvgIpc) is 2.74. The van der Waals surface area contributed by atoms with Gasteiger partial charge < -0.3 is 4.90 Å². The van der Waals surface area contributed by atoms with E-state index in [0.717, 1.165) is 5.69 Å². The third-order valence-electron chi connectivity index (χ3n) is 2.77. The van der Waals surface area contributed by atoms with Gasteiger partial charge in [0.1, 0.15) is 5.25 Å². The molecule has 1 unspecified atom stereocenters. The van der Waals surface area contributed by atoms with Crippen LogP contribution in [0, 0.1) is 0 Å². The second-order valence-electron chi connectivity index (χ2n) is 4.17. The van der Waals surface area contributed by atoms with E-state index < -0.39 is 15.3 Å². The van der Waals surface area contributed by atoms with Gasteiger partial charge in [0.05, 0.1) is 12.2 Å². The molecule has 0 bridgehead atoms. The van der Waals surface area contributed by atoms with Gasteiger partial charge in [-0.2, -0.15) is 5.10 Å². The highest BCUT2D eigenvalue weighted by atomic mass is 32.2. The van der Waals surface area contributed by atoms with Gasteiger partial charge in [0.25, 0.3) is 0 Å². The van der Waals surface area contributed by atoms with E-state index in [1.165, 1.54) is 4.90 Å². The number of aryl methyl sites for hydroxylation is 1. The van der Waals surface area contributed by atoms with E-state index in [1.54, 1.807) is 24.0 Å². The number of hydrogen-bond acceptors (Lipinski definition) is 4. The maximum absolute atomic E-state index is 11.6. The molecule has 1 amide bonds. The first-order valence-electron chi connectivity index (χ1n) is 5.14. The fourth-order valence-electron chi connectivity index (χ4n) is 1.85. The van der Waals surface area contributed by atoms with Gasteiger partial charge in [-0.25, -0.2) is 13.6 Å². The van der Waals surface area contributed by atoms with E-state index in [-0.39, 0.29) is 18.9 Å². The molecule has 2 rings (SSSR count). The number of likely N-dealkylation sites (tertiary alicyclic amines) is 1. The van der Waals surface area contributed by atoms with E-state index in [0.29, 0.717) is 6.54 Å². The van der Waals surface area contributed by atoms with Crippen LogP contribution in [0.2, 0.25) is 0 Å². The number of carbonyl (C=O) groups excluding carboxylic acids is 1. The van der Waals surface area contributed by atoms with E-state index >= 15 is 0 Å². The Hall–Kier alpha value is -1.41. The third kappa shape index (κ3) is 2.64. The molecule has 0 aromatic carbocycles. The predicted molar refractivity (Wildman–Crippen MR) is 60.1 cm³/mol. The molecule has 2 N–H and O–H groups in total. The van der Waals surface area contributed by atoms with Crippen molar-refractivity contribution in [2.24, 2.45) is 12.2 Å². The number of nitrogens with two attached hydrogens (primary N) is 1. The Bertz CT molecular complexity index is 536. The van der Waals surface area contributed by atoms with Crippen LogP contribution in [-0.4, -0.2) is 40.8 Å². The lowest BCUT2D eigenvalue weighted by Crippen LogP contribution is -2.32. The summed E-state index contributed by atoms with van der Waals surface area (Å²) < 4.78 is 24.0. The molecule has 1 fully saturated rings. The van der Waals surface area contributed by atoms with Crippen LogP contribution in [-0.2, 0) is 28.4 Å². The Morgan fingerprint density at radius 3 is 2.76 bits per heavy atom. The zero-order valence-electron chi connectivity index (χ0n) is 9.41. The molecule has 0 radical (unpaired) electrons.